The zero-order valence-corrected chi connectivity index (χ0v) is 14.8. The molecule has 0 spiro atoms. The number of ether oxygens (including phenoxy) is 1. The van der Waals surface area contributed by atoms with E-state index in [2.05, 4.69) is 15.5 Å². The van der Waals surface area contributed by atoms with Crippen molar-refractivity contribution in [1.82, 2.24) is 15.5 Å². The van der Waals surface area contributed by atoms with Crippen molar-refractivity contribution in [3.8, 4) is 5.75 Å². The fraction of sp³-hybridized carbons (Fsp3) is 0.250. The van der Waals surface area contributed by atoms with Crippen LogP contribution in [0.2, 0.25) is 0 Å². The van der Waals surface area contributed by atoms with Crippen LogP contribution >= 0.6 is 0 Å². The van der Waals surface area contributed by atoms with Gasteiger partial charge >= 0.3 is 0 Å². The maximum Gasteiger partial charge on any atom is 0.274 e. The summed E-state index contributed by atoms with van der Waals surface area (Å²) in [6.45, 7) is 2.05. The Morgan fingerprint density at radius 2 is 1.85 bits per heavy atom. The first-order chi connectivity index (χ1) is 12.7. The lowest BCUT2D eigenvalue weighted by molar-refractivity contribution is 0.0933. The minimum Gasteiger partial charge on any atom is -0.497 e. The third kappa shape index (κ3) is 4.08. The van der Waals surface area contributed by atoms with Gasteiger partial charge in [0, 0.05) is 24.9 Å². The van der Waals surface area contributed by atoms with Gasteiger partial charge in [-0.25, -0.2) is 0 Å². The lowest BCUT2D eigenvalue weighted by Gasteiger charge is -2.19. The normalized spacial score (nSPS) is 11.8. The van der Waals surface area contributed by atoms with E-state index in [1.54, 1.807) is 25.6 Å². The van der Waals surface area contributed by atoms with Crippen LogP contribution < -0.4 is 10.1 Å². The van der Waals surface area contributed by atoms with E-state index in [9.17, 15) is 4.79 Å². The number of aromatic nitrogens is 2. The highest BCUT2D eigenvalue weighted by molar-refractivity contribution is 5.92. The van der Waals surface area contributed by atoms with Crippen LogP contribution in [0.5, 0.6) is 5.75 Å². The quantitative estimate of drug-likeness (QED) is 0.704. The van der Waals surface area contributed by atoms with Crippen molar-refractivity contribution in [2.45, 2.75) is 25.8 Å². The molecule has 0 fully saturated rings. The van der Waals surface area contributed by atoms with Crippen LogP contribution in [0.1, 0.15) is 46.8 Å². The second kappa shape index (κ2) is 8.29. The van der Waals surface area contributed by atoms with Gasteiger partial charge in [-0.3, -0.25) is 9.78 Å². The number of methoxy groups -OCH3 is 1. The number of rotatable bonds is 7. The van der Waals surface area contributed by atoms with E-state index in [-0.39, 0.29) is 17.6 Å². The number of pyridine rings is 1. The molecular formula is C20H21N3O3. The summed E-state index contributed by atoms with van der Waals surface area (Å²) in [6.07, 6.45) is 5.09. The molecule has 0 aliphatic rings. The number of carbonyl (C=O) groups is 1. The predicted molar refractivity (Wildman–Crippen MR) is 97.0 cm³/mol. The third-order valence-corrected chi connectivity index (χ3v) is 4.05. The zero-order chi connectivity index (χ0) is 18.4. The van der Waals surface area contributed by atoms with Gasteiger partial charge in [0.1, 0.15) is 11.5 Å². The minimum absolute atomic E-state index is 0.279. The summed E-state index contributed by atoms with van der Waals surface area (Å²) in [6, 6.07) is 12.7. The van der Waals surface area contributed by atoms with Crippen molar-refractivity contribution in [3.05, 3.63) is 77.4 Å². The van der Waals surface area contributed by atoms with Gasteiger partial charge in [-0.2, -0.15) is 0 Å². The van der Waals surface area contributed by atoms with Gasteiger partial charge in [-0.05, 0) is 41.8 Å². The molecule has 0 bridgehead atoms. The molecule has 134 valence electrons. The monoisotopic (exact) mass is 351 g/mol. The summed E-state index contributed by atoms with van der Waals surface area (Å²) in [5.41, 5.74) is 2.14. The predicted octanol–water partition coefficient (Wildman–Crippen LogP) is 3.55. The molecule has 26 heavy (non-hydrogen) atoms. The van der Waals surface area contributed by atoms with Crippen LogP contribution in [0.3, 0.4) is 0 Å². The molecule has 2 aromatic heterocycles. The van der Waals surface area contributed by atoms with Gasteiger partial charge in [-0.1, -0.05) is 24.2 Å². The van der Waals surface area contributed by atoms with Crippen LogP contribution in [-0.2, 0) is 6.42 Å². The minimum atomic E-state index is -0.331. The van der Waals surface area contributed by atoms with Crippen molar-refractivity contribution < 1.29 is 14.1 Å². The fourth-order valence-corrected chi connectivity index (χ4v) is 2.70. The molecule has 0 unspecified atom stereocenters. The van der Waals surface area contributed by atoms with Crippen LogP contribution in [-0.4, -0.2) is 23.2 Å². The summed E-state index contributed by atoms with van der Waals surface area (Å²) in [4.78, 5) is 16.7. The summed E-state index contributed by atoms with van der Waals surface area (Å²) in [5, 5.41) is 6.91. The Hall–Kier alpha value is -3.15. The lowest BCUT2D eigenvalue weighted by Crippen LogP contribution is -2.29. The maximum atomic E-state index is 12.7. The second-order valence-electron chi connectivity index (χ2n) is 5.89. The molecule has 0 radical (unpaired) electrons. The maximum absolute atomic E-state index is 12.7. The number of hydrogen-bond donors (Lipinski definition) is 1. The van der Waals surface area contributed by atoms with Crippen LogP contribution in [0.4, 0.5) is 0 Å². The number of benzene rings is 1. The molecule has 0 saturated carbocycles. The van der Waals surface area contributed by atoms with E-state index in [0.717, 1.165) is 29.7 Å². The number of nitrogens with zero attached hydrogens (tertiary/aromatic N) is 2. The molecule has 6 nitrogen and oxygen atoms in total. The van der Waals surface area contributed by atoms with Crippen LogP contribution in [0, 0.1) is 0 Å². The van der Waals surface area contributed by atoms with Gasteiger partial charge in [0.2, 0.25) is 0 Å². The van der Waals surface area contributed by atoms with Gasteiger partial charge in [0.25, 0.3) is 5.91 Å². The highest BCUT2D eigenvalue weighted by atomic mass is 16.5. The molecule has 0 aliphatic carbocycles. The van der Waals surface area contributed by atoms with Crippen molar-refractivity contribution in [1.29, 1.82) is 0 Å². The second-order valence-corrected chi connectivity index (χ2v) is 5.89. The number of carbonyl (C=O) groups excluding carboxylic acids is 1. The summed E-state index contributed by atoms with van der Waals surface area (Å²) < 4.78 is 10.4. The first-order valence-electron chi connectivity index (χ1n) is 8.51. The molecular weight excluding hydrogens is 330 g/mol. The van der Waals surface area contributed by atoms with Crippen molar-refractivity contribution in [2.24, 2.45) is 0 Å². The van der Waals surface area contributed by atoms with Crippen molar-refractivity contribution >= 4 is 5.91 Å². The van der Waals surface area contributed by atoms with E-state index < -0.39 is 0 Å². The lowest BCUT2D eigenvalue weighted by atomic mass is 9.99. The van der Waals surface area contributed by atoms with Gasteiger partial charge in [0.05, 0.1) is 13.2 Å². The SMILES string of the molecule is CCCc1cc(C(=O)N[C@H](c2ccncc2)c2ccc(OC)cc2)no1. The van der Waals surface area contributed by atoms with Crippen molar-refractivity contribution in [3.63, 3.8) is 0 Å². The Morgan fingerprint density at radius 3 is 2.50 bits per heavy atom. The largest absolute Gasteiger partial charge is 0.497 e. The zero-order valence-electron chi connectivity index (χ0n) is 14.8. The Balaban J connectivity index is 1.86. The van der Waals surface area contributed by atoms with Gasteiger partial charge < -0.3 is 14.6 Å². The molecule has 0 aliphatic heterocycles. The molecule has 3 rings (SSSR count). The molecule has 1 aromatic carbocycles. The molecule has 2 heterocycles. The summed E-state index contributed by atoms with van der Waals surface area (Å²) >= 11 is 0. The average Bonchev–Trinajstić information content (AvgIpc) is 3.16. The Bertz CT molecular complexity index is 844. The highest BCUT2D eigenvalue weighted by Crippen LogP contribution is 2.24. The molecule has 6 heteroatoms. The number of hydrogen-bond acceptors (Lipinski definition) is 5. The highest BCUT2D eigenvalue weighted by Gasteiger charge is 2.20. The van der Waals surface area contributed by atoms with E-state index in [1.807, 2.05) is 43.3 Å². The number of aryl methyl sites for hydroxylation is 1. The van der Waals surface area contributed by atoms with Crippen molar-refractivity contribution in [2.75, 3.05) is 7.11 Å². The Morgan fingerprint density at radius 1 is 1.15 bits per heavy atom. The molecule has 3 aromatic rings. The Labute approximate surface area is 152 Å². The summed E-state index contributed by atoms with van der Waals surface area (Å²) in [7, 11) is 1.62. The summed E-state index contributed by atoms with van der Waals surface area (Å²) in [5.74, 6) is 1.19. The standard InChI is InChI=1S/C20H21N3O3/c1-3-4-17-13-18(23-26-17)20(24)22-19(15-9-11-21-12-10-15)14-5-7-16(25-2)8-6-14/h5-13,19H,3-4H2,1-2H3,(H,22,24)/t19-/m0/s1. The van der Waals surface area contributed by atoms with E-state index in [4.69, 9.17) is 9.26 Å². The first kappa shape index (κ1) is 17.7. The Kier molecular flexibility index (Phi) is 5.63. The smallest absolute Gasteiger partial charge is 0.274 e. The topological polar surface area (TPSA) is 77.2 Å². The van der Waals surface area contributed by atoms with Crippen LogP contribution in [0.25, 0.3) is 0 Å². The van der Waals surface area contributed by atoms with Gasteiger partial charge in [-0.15, -0.1) is 0 Å². The van der Waals surface area contributed by atoms with E-state index >= 15 is 0 Å². The average molecular weight is 351 g/mol. The number of nitrogens with one attached hydrogen (secondary N) is 1. The molecule has 1 N–H and O–H groups in total. The third-order valence-electron chi connectivity index (χ3n) is 4.05. The fourth-order valence-electron chi connectivity index (χ4n) is 2.70. The van der Waals surface area contributed by atoms with E-state index in [0.29, 0.717) is 5.76 Å². The molecule has 0 saturated heterocycles. The first-order valence-corrected chi connectivity index (χ1v) is 8.51. The van der Waals surface area contributed by atoms with E-state index in [1.165, 1.54) is 0 Å². The molecule has 1 atom stereocenters. The van der Waals surface area contributed by atoms with Gasteiger partial charge in [0.15, 0.2) is 5.69 Å². The molecule has 1 amide bonds. The number of amides is 1. The van der Waals surface area contributed by atoms with Crippen LogP contribution in [0.15, 0.2) is 59.4 Å².